The van der Waals surface area contributed by atoms with Crippen molar-refractivity contribution in [2.24, 2.45) is 5.92 Å². The molecule has 3 unspecified atom stereocenters. The van der Waals surface area contributed by atoms with E-state index in [-0.39, 0.29) is 22.6 Å². The van der Waals surface area contributed by atoms with Gasteiger partial charge in [0.05, 0.1) is 11.0 Å². The molecule has 4 rings (SSSR count). The number of fused-ring (bicyclic) bond motifs is 3. The molecular weight excluding hydrogens is 288 g/mol. The van der Waals surface area contributed by atoms with Crippen LogP contribution in [0.1, 0.15) is 35.1 Å². The van der Waals surface area contributed by atoms with Gasteiger partial charge in [-0.2, -0.15) is 0 Å². The summed E-state index contributed by atoms with van der Waals surface area (Å²) in [5.74, 6) is 0.654. The van der Waals surface area contributed by atoms with Crippen LogP contribution in [0.25, 0.3) is 0 Å². The third kappa shape index (κ3) is 2.22. The van der Waals surface area contributed by atoms with E-state index in [1.54, 1.807) is 12.1 Å². The molecule has 2 aliphatic rings. The molecule has 2 aromatic rings. The van der Waals surface area contributed by atoms with Gasteiger partial charge in [0.15, 0.2) is 0 Å². The van der Waals surface area contributed by atoms with Crippen molar-refractivity contribution in [3.8, 4) is 0 Å². The van der Waals surface area contributed by atoms with Gasteiger partial charge < -0.3 is 5.32 Å². The molecule has 4 nitrogen and oxygen atoms in total. The minimum absolute atomic E-state index is 0.166. The molecule has 1 heterocycles. The van der Waals surface area contributed by atoms with E-state index in [1.807, 2.05) is 6.07 Å². The molecule has 1 N–H and O–H groups in total. The van der Waals surface area contributed by atoms with Crippen LogP contribution in [0.4, 0.5) is 11.4 Å². The summed E-state index contributed by atoms with van der Waals surface area (Å²) in [6.07, 6.45) is 5.41. The van der Waals surface area contributed by atoms with Gasteiger partial charge in [-0.3, -0.25) is 10.1 Å². The molecular formula is C19H18N2O2. The van der Waals surface area contributed by atoms with E-state index in [0.29, 0.717) is 5.92 Å². The standard InChI is InChI=1S/C19H18N2O2/c1-12-5-2-3-6-14(12)19-16-8-4-7-15(16)17-11-13(21(22)23)9-10-18(17)20-19/h2-7,9-11,15-16,19-20H,8H2,1H3. The monoisotopic (exact) mass is 306 g/mol. The maximum absolute atomic E-state index is 11.1. The fraction of sp³-hybridized carbons (Fsp3) is 0.263. The van der Waals surface area contributed by atoms with Gasteiger partial charge >= 0.3 is 0 Å². The van der Waals surface area contributed by atoms with Gasteiger partial charge in [0.25, 0.3) is 5.69 Å². The first-order chi connectivity index (χ1) is 11.1. The van der Waals surface area contributed by atoms with Crippen molar-refractivity contribution in [3.05, 3.63) is 81.4 Å². The lowest BCUT2D eigenvalue weighted by Gasteiger charge is -2.38. The summed E-state index contributed by atoms with van der Waals surface area (Å²) < 4.78 is 0. The number of aryl methyl sites for hydroxylation is 1. The van der Waals surface area contributed by atoms with Crippen LogP contribution in [0.15, 0.2) is 54.6 Å². The number of rotatable bonds is 2. The highest BCUT2D eigenvalue weighted by atomic mass is 16.6. The first kappa shape index (κ1) is 14.0. The molecule has 3 atom stereocenters. The maximum Gasteiger partial charge on any atom is 0.269 e. The minimum atomic E-state index is -0.318. The molecule has 0 saturated heterocycles. The summed E-state index contributed by atoms with van der Waals surface area (Å²) in [5.41, 5.74) is 4.81. The third-order valence-electron chi connectivity index (χ3n) is 5.08. The van der Waals surface area contributed by atoms with Crippen molar-refractivity contribution < 1.29 is 4.92 Å². The molecule has 0 spiro atoms. The van der Waals surface area contributed by atoms with Gasteiger partial charge in [0.1, 0.15) is 0 Å². The first-order valence-electron chi connectivity index (χ1n) is 7.92. The van der Waals surface area contributed by atoms with Crippen molar-refractivity contribution >= 4 is 11.4 Å². The summed E-state index contributed by atoms with van der Waals surface area (Å²) in [6, 6.07) is 13.9. The number of anilines is 1. The van der Waals surface area contributed by atoms with E-state index in [4.69, 9.17) is 0 Å². The van der Waals surface area contributed by atoms with Crippen LogP contribution < -0.4 is 5.32 Å². The average Bonchev–Trinajstić information content (AvgIpc) is 3.04. The molecule has 1 aliphatic carbocycles. The number of hydrogen-bond acceptors (Lipinski definition) is 3. The SMILES string of the molecule is Cc1ccccc1C1Nc2ccc([N+](=O)[O-])cc2C2C=CCC21. The zero-order valence-corrected chi connectivity index (χ0v) is 12.9. The number of nitrogens with zero attached hydrogens (tertiary/aromatic N) is 1. The van der Waals surface area contributed by atoms with Gasteiger partial charge in [-0.1, -0.05) is 36.4 Å². The number of allylic oxidation sites excluding steroid dienone is 2. The Labute approximate surface area is 135 Å². The predicted molar refractivity (Wildman–Crippen MR) is 90.6 cm³/mol. The Hall–Kier alpha value is -2.62. The van der Waals surface area contributed by atoms with Crippen LogP contribution >= 0.6 is 0 Å². The van der Waals surface area contributed by atoms with Crippen LogP contribution in [0.3, 0.4) is 0 Å². The van der Waals surface area contributed by atoms with Gasteiger partial charge in [0.2, 0.25) is 0 Å². The maximum atomic E-state index is 11.1. The Morgan fingerprint density at radius 2 is 2.00 bits per heavy atom. The second-order valence-corrected chi connectivity index (χ2v) is 6.36. The Kier molecular flexibility index (Phi) is 3.18. The molecule has 4 heteroatoms. The van der Waals surface area contributed by atoms with E-state index in [9.17, 15) is 10.1 Å². The van der Waals surface area contributed by atoms with Crippen molar-refractivity contribution in [2.75, 3.05) is 5.32 Å². The average molecular weight is 306 g/mol. The Morgan fingerprint density at radius 1 is 1.17 bits per heavy atom. The van der Waals surface area contributed by atoms with Crippen LogP contribution in [0.2, 0.25) is 0 Å². The topological polar surface area (TPSA) is 55.2 Å². The Balaban J connectivity index is 1.81. The number of nitro groups is 1. The molecule has 0 radical (unpaired) electrons. The largest absolute Gasteiger partial charge is 0.378 e. The molecule has 0 bridgehead atoms. The summed E-state index contributed by atoms with van der Waals surface area (Å²) in [4.78, 5) is 10.8. The highest BCUT2D eigenvalue weighted by molar-refractivity contribution is 5.63. The van der Waals surface area contributed by atoms with E-state index in [2.05, 4.69) is 48.7 Å². The van der Waals surface area contributed by atoms with E-state index < -0.39 is 0 Å². The van der Waals surface area contributed by atoms with Gasteiger partial charge in [-0.15, -0.1) is 0 Å². The second-order valence-electron chi connectivity index (χ2n) is 6.36. The zero-order chi connectivity index (χ0) is 16.0. The van der Waals surface area contributed by atoms with Gasteiger partial charge in [0, 0.05) is 23.7 Å². The quantitative estimate of drug-likeness (QED) is 0.496. The summed E-state index contributed by atoms with van der Waals surface area (Å²) >= 11 is 0. The fourth-order valence-corrected chi connectivity index (χ4v) is 3.94. The lowest BCUT2D eigenvalue weighted by atomic mass is 9.76. The normalized spacial score (nSPS) is 24.7. The van der Waals surface area contributed by atoms with E-state index in [0.717, 1.165) is 17.7 Å². The van der Waals surface area contributed by atoms with Crippen LogP contribution in [-0.4, -0.2) is 4.92 Å². The van der Waals surface area contributed by atoms with Gasteiger partial charge in [-0.25, -0.2) is 0 Å². The second kappa shape index (κ2) is 5.23. The Morgan fingerprint density at radius 3 is 2.78 bits per heavy atom. The summed E-state index contributed by atoms with van der Waals surface area (Å²) in [6.45, 7) is 2.14. The predicted octanol–water partition coefficient (Wildman–Crippen LogP) is 4.73. The van der Waals surface area contributed by atoms with Crippen molar-refractivity contribution in [2.45, 2.75) is 25.3 Å². The summed E-state index contributed by atoms with van der Waals surface area (Å²) in [5, 5.41) is 14.7. The molecule has 2 aromatic carbocycles. The highest BCUT2D eigenvalue weighted by Crippen LogP contribution is 2.50. The first-order valence-corrected chi connectivity index (χ1v) is 7.92. The number of benzene rings is 2. The zero-order valence-electron chi connectivity index (χ0n) is 12.9. The van der Waals surface area contributed by atoms with E-state index in [1.165, 1.54) is 11.1 Å². The number of non-ortho nitro benzene ring substituents is 1. The Bertz CT molecular complexity index is 813. The van der Waals surface area contributed by atoms with Gasteiger partial charge in [-0.05, 0) is 42.0 Å². The molecule has 116 valence electrons. The highest BCUT2D eigenvalue weighted by Gasteiger charge is 2.38. The van der Waals surface area contributed by atoms with Crippen molar-refractivity contribution in [1.29, 1.82) is 0 Å². The minimum Gasteiger partial charge on any atom is -0.378 e. The van der Waals surface area contributed by atoms with Crippen LogP contribution in [0, 0.1) is 23.0 Å². The molecule has 0 aromatic heterocycles. The third-order valence-corrected chi connectivity index (χ3v) is 5.08. The number of nitrogens with one attached hydrogen (secondary N) is 1. The molecule has 0 amide bonds. The van der Waals surface area contributed by atoms with Crippen molar-refractivity contribution in [1.82, 2.24) is 0 Å². The number of nitro benzene ring substituents is 1. The van der Waals surface area contributed by atoms with Crippen molar-refractivity contribution in [3.63, 3.8) is 0 Å². The lowest BCUT2D eigenvalue weighted by molar-refractivity contribution is -0.384. The molecule has 1 aliphatic heterocycles. The van der Waals surface area contributed by atoms with Crippen LogP contribution in [0.5, 0.6) is 0 Å². The summed E-state index contributed by atoms with van der Waals surface area (Å²) in [7, 11) is 0. The fourth-order valence-electron chi connectivity index (χ4n) is 3.94. The smallest absolute Gasteiger partial charge is 0.269 e. The lowest BCUT2D eigenvalue weighted by Crippen LogP contribution is -2.29. The molecule has 23 heavy (non-hydrogen) atoms. The van der Waals surface area contributed by atoms with Crippen LogP contribution in [-0.2, 0) is 0 Å². The van der Waals surface area contributed by atoms with E-state index >= 15 is 0 Å². The number of hydrogen-bond donors (Lipinski definition) is 1. The molecule has 0 fully saturated rings. The molecule has 0 saturated carbocycles.